The van der Waals surface area contributed by atoms with Crippen LogP contribution < -0.4 is 0 Å². The van der Waals surface area contributed by atoms with Crippen LogP contribution in [0.3, 0.4) is 0 Å². The molecule has 1 saturated heterocycles. The first-order valence-electron chi connectivity index (χ1n) is 29.3. The second-order valence-electron chi connectivity index (χ2n) is 20.5. The fourth-order valence-corrected chi connectivity index (χ4v) is 9.31. The molecule has 0 aromatic heterocycles. The van der Waals surface area contributed by atoms with Crippen molar-refractivity contribution in [3.8, 4) is 0 Å². The predicted molar refractivity (Wildman–Crippen MR) is 280 cm³/mol. The molecule has 0 aromatic carbocycles. The van der Waals surface area contributed by atoms with Crippen molar-refractivity contribution in [1.29, 1.82) is 0 Å². The zero-order valence-electron chi connectivity index (χ0n) is 44.4. The molecule has 1 fully saturated rings. The minimum absolute atomic E-state index is 0.211. The summed E-state index contributed by atoms with van der Waals surface area (Å²) in [5.74, 6) is -0.789. The molecular weight excluding hydrogens is 857 g/mol. The van der Waals surface area contributed by atoms with E-state index in [2.05, 4.69) is 26.0 Å². The van der Waals surface area contributed by atoms with Gasteiger partial charge in [0.2, 0.25) is 0 Å². The molecular formula is C58H110O10. The number of allylic oxidation sites excluding steroid dienone is 2. The number of hydrogen-bond donors (Lipinski definition) is 4. The molecule has 0 amide bonds. The second kappa shape index (κ2) is 49.0. The molecule has 0 bridgehead atoms. The first-order chi connectivity index (χ1) is 33.3. The van der Waals surface area contributed by atoms with Crippen LogP contribution in [0.2, 0.25) is 0 Å². The van der Waals surface area contributed by atoms with Crippen molar-refractivity contribution in [2.24, 2.45) is 0 Å². The molecule has 68 heavy (non-hydrogen) atoms. The van der Waals surface area contributed by atoms with Gasteiger partial charge in [0.25, 0.3) is 0 Å². The lowest BCUT2D eigenvalue weighted by Gasteiger charge is -2.39. The quantitative estimate of drug-likeness (QED) is 0.0263. The van der Waals surface area contributed by atoms with Gasteiger partial charge in [-0.05, 0) is 38.5 Å². The highest BCUT2D eigenvalue weighted by atomic mass is 16.7. The smallest absolute Gasteiger partial charge is 0.306 e. The third-order valence-electron chi connectivity index (χ3n) is 13.9. The van der Waals surface area contributed by atoms with Gasteiger partial charge in [0, 0.05) is 12.8 Å². The Bertz CT molecular complexity index is 1120. The summed E-state index contributed by atoms with van der Waals surface area (Å²) < 4.78 is 22.3. The van der Waals surface area contributed by atoms with Crippen molar-refractivity contribution in [3.63, 3.8) is 0 Å². The number of hydrogen-bond acceptors (Lipinski definition) is 10. The Hall–Kier alpha value is -1.56. The molecule has 402 valence electrons. The first-order valence-corrected chi connectivity index (χ1v) is 29.3. The van der Waals surface area contributed by atoms with Gasteiger partial charge < -0.3 is 39.4 Å². The van der Waals surface area contributed by atoms with Crippen LogP contribution >= 0.6 is 0 Å². The predicted octanol–water partition coefficient (Wildman–Crippen LogP) is 14.6. The summed E-state index contributed by atoms with van der Waals surface area (Å²) in [4.78, 5) is 25.5. The molecule has 0 radical (unpaired) electrons. The van der Waals surface area contributed by atoms with Crippen molar-refractivity contribution in [2.75, 3.05) is 19.8 Å². The highest BCUT2D eigenvalue weighted by molar-refractivity contribution is 5.70. The van der Waals surface area contributed by atoms with Gasteiger partial charge in [-0.3, -0.25) is 9.59 Å². The summed E-state index contributed by atoms with van der Waals surface area (Å²) in [5, 5.41) is 40.3. The molecule has 0 spiro atoms. The Kier molecular flexibility index (Phi) is 46.5. The number of carbonyl (C=O) groups excluding carboxylic acids is 2. The van der Waals surface area contributed by atoms with Crippen LogP contribution in [0.15, 0.2) is 12.2 Å². The van der Waals surface area contributed by atoms with Gasteiger partial charge in [0.05, 0.1) is 13.2 Å². The largest absolute Gasteiger partial charge is 0.462 e. The minimum atomic E-state index is -1.59. The zero-order valence-corrected chi connectivity index (χ0v) is 44.4. The van der Waals surface area contributed by atoms with Crippen molar-refractivity contribution in [2.45, 2.75) is 327 Å². The molecule has 1 rings (SSSR count). The SMILES string of the molecule is CCCCCCCC/C=C\CCCCCCCCCCCC(=O)OC(COC(=O)CCCCCCCCCCCCCCCCCCCCCCCCCC)COC1OC(CO)C(O)C(O)C1O. The Morgan fingerprint density at radius 2 is 0.779 bits per heavy atom. The van der Waals surface area contributed by atoms with Crippen molar-refractivity contribution in [1.82, 2.24) is 0 Å². The van der Waals surface area contributed by atoms with Crippen LogP contribution in [0, 0.1) is 0 Å². The Morgan fingerprint density at radius 1 is 0.441 bits per heavy atom. The van der Waals surface area contributed by atoms with Crippen LogP contribution in [0.4, 0.5) is 0 Å². The van der Waals surface area contributed by atoms with Crippen LogP contribution in [-0.4, -0.2) is 89.0 Å². The maximum absolute atomic E-state index is 12.9. The summed E-state index contributed by atoms with van der Waals surface area (Å²) >= 11 is 0. The van der Waals surface area contributed by atoms with Crippen molar-refractivity contribution >= 4 is 11.9 Å². The Balaban J connectivity index is 2.17. The molecule has 0 saturated carbocycles. The van der Waals surface area contributed by atoms with E-state index in [0.29, 0.717) is 6.42 Å². The number of ether oxygens (including phenoxy) is 4. The van der Waals surface area contributed by atoms with E-state index in [0.717, 1.165) is 38.5 Å². The molecule has 1 heterocycles. The molecule has 1 aliphatic heterocycles. The van der Waals surface area contributed by atoms with E-state index in [1.54, 1.807) is 0 Å². The lowest BCUT2D eigenvalue weighted by atomic mass is 9.99. The maximum Gasteiger partial charge on any atom is 0.306 e. The second-order valence-corrected chi connectivity index (χ2v) is 20.5. The third-order valence-corrected chi connectivity index (χ3v) is 13.9. The Morgan fingerprint density at radius 3 is 1.15 bits per heavy atom. The van der Waals surface area contributed by atoms with E-state index in [1.807, 2.05) is 0 Å². The molecule has 0 aliphatic carbocycles. The fraction of sp³-hybridized carbons (Fsp3) is 0.931. The summed E-state index contributed by atoms with van der Waals surface area (Å²) in [5.41, 5.74) is 0. The van der Waals surface area contributed by atoms with Gasteiger partial charge in [0.1, 0.15) is 31.0 Å². The maximum atomic E-state index is 12.9. The number of esters is 2. The monoisotopic (exact) mass is 967 g/mol. The van der Waals surface area contributed by atoms with Gasteiger partial charge >= 0.3 is 11.9 Å². The van der Waals surface area contributed by atoms with E-state index in [-0.39, 0.29) is 32.0 Å². The third kappa shape index (κ3) is 39.1. The summed E-state index contributed by atoms with van der Waals surface area (Å²) in [6, 6.07) is 0. The van der Waals surface area contributed by atoms with Crippen LogP contribution in [-0.2, 0) is 28.5 Å². The molecule has 4 N–H and O–H groups in total. The van der Waals surface area contributed by atoms with Gasteiger partial charge in [-0.15, -0.1) is 0 Å². The lowest BCUT2D eigenvalue weighted by Crippen LogP contribution is -2.59. The molecule has 1 aliphatic rings. The number of rotatable bonds is 51. The summed E-state index contributed by atoms with van der Waals surface area (Å²) in [6.45, 7) is 3.48. The number of unbranched alkanes of at least 4 members (excludes halogenated alkanes) is 38. The molecule has 10 heteroatoms. The standard InChI is InChI=1S/C58H110O10/c1-3-5-7-9-11-13-15-17-19-21-23-24-25-26-27-29-30-32-34-36-38-40-42-44-46-53(60)65-49-51(50-66-58-57(64)56(63)55(62)52(48-59)68-58)67-54(61)47-45-43-41-39-37-35-33-31-28-22-20-18-16-14-12-10-8-6-4-2/h18,20,51-52,55-59,62-64H,3-17,19,21-50H2,1-2H3/b20-18-. The van der Waals surface area contributed by atoms with Crippen LogP contribution in [0.1, 0.15) is 290 Å². The normalized spacial score (nSPS) is 18.9. The summed E-state index contributed by atoms with van der Waals surface area (Å²) in [7, 11) is 0. The summed E-state index contributed by atoms with van der Waals surface area (Å²) in [6.07, 6.45) is 49.5. The first kappa shape index (κ1) is 64.5. The van der Waals surface area contributed by atoms with E-state index < -0.39 is 49.4 Å². The minimum Gasteiger partial charge on any atom is -0.462 e. The van der Waals surface area contributed by atoms with Crippen molar-refractivity contribution in [3.05, 3.63) is 12.2 Å². The van der Waals surface area contributed by atoms with Gasteiger partial charge in [-0.25, -0.2) is 0 Å². The van der Waals surface area contributed by atoms with Gasteiger partial charge in [-0.1, -0.05) is 251 Å². The topological polar surface area (TPSA) is 152 Å². The lowest BCUT2D eigenvalue weighted by molar-refractivity contribution is -0.305. The van der Waals surface area contributed by atoms with Gasteiger partial charge in [0.15, 0.2) is 12.4 Å². The zero-order chi connectivity index (χ0) is 49.4. The molecule has 6 unspecified atom stereocenters. The highest BCUT2D eigenvalue weighted by Gasteiger charge is 2.44. The highest BCUT2D eigenvalue weighted by Crippen LogP contribution is 2.23. The van der Waals surface area contributed by atoms with E-state index in [9.17, 15) is 30.0 Å². The molecule has 10 nitrogen and oxygen atoms in total. The van der Waals surface area contributed by atoms with E-state index in [4.69, 9.17) is 18.9 Å². The molecule has 0 aromatic rings. The van der Waals surface area contributed by atoms with Crippen LogP contribution in [0.25, 0.3) is 0 Å². The molecule has 6 atom stereocenters. The van der Waals surface area contributed by atoms with E-state index in [1.165, 1.54) is 218 Å². The number of aliphatic hydroxyl groups is 4. The number of carbonyl (C=O) groups is 2. The van der Waals surface area contributed by atoms with Gasteiger partial charge in [-0.2, -0.15) is 0 Å². The van der Waals surface area contributed by atoms with Crippen LogP contribution in [0.5, 0.6) is 0 Å². The fourth-order valence-electron chi connectivity index (χ4n) is 9.31. The average molecular weight is 968 g/mol. The number of aliphatic hydroxyl groups excluding tert-OH is 4. The average Bonchev–Trinajstić information content (AvgIpc) is 3.34. The van der Waals surface area contributed by atoms with E-state index >= 15 is 0 Å². The Labute approximate surface area is 418 Å². The van der Waals surface area contributed by atoms with Crippen molar-refractivity contribution < 1.29 is 49.0 Å².